The second-order valence-electron chi connectivity index (χ2n) is 3.87. The molecule has 0 aliphatic rings. The molecule has 0 atom stereocenters. The fourth-order valence-electron chi connectivity index (χ4n) is 1.48. The van der Waals surface area contributed by atoms with Crippen LogP contribution in [0.2, 0.25) is 0 Å². The Labute approximate surface area is 104 Å². The van der Waals surface area contributed by atoms with Gasteiger partial charge in [-0.05, 0) is 30.5 Å². The van der Waals surface area contributed by atoms with Crippen molar-refractivity contribution < 1.29 is 4.79 Å². The number of aromatic nitrogens is 1. The van der Waals surface area contributed by atoms with Gasteiger partial charge in [0.05, 0.1) is 5.69 Å². The van der Waals surface area contributed by atoms with E-state index in [9.17, 15) is 4.79 Å². The van der Waals surface area contributed by atoms with Crippen molar-refractivity contribution in [2.24, 2.45) is 0 Å². The highest BCUT2D eigenvalue weighted by Gasteiger charge is 2.13. The fraction of sp³-hybridized carbons (Fsp3) is 0.154. The van der Waals surface area contributed by atoms with Gasteiger partial charge in [-0.3, -0.25) is 4.79 Å². The molecule has 2 rings (SSSR count). The first kappa shape index (κ1) is 11.7. The third kappa shape index (κ3) is 2.65. The molecular formula is C13H14N2OS. The van der Waals surface area contributed by atoms with E-state index in [1.807, 2.05) is 47.5 Å². The van der Waals surface area contributed by atoms with Crippen LogP contribution in [0.4, 0.5) is 0 Å². The van der Waals surface area contributed by atoms with Gasteiger partial charge in [-0.2, -0.15) is 0 Å². The van der Waals surface area contributed by atoms with Crippen LogP contribution in [0, 0.1) is 0 Å². The number of hydrogen-bond donors (Lipinski definition) is 1. The predicted molar refractivity (Wildman–Crippen MR) is 70.8 cm³/mol. The Hall–Kier alpha value is -1.81. The summed E-state index contributed by atoms with van der Waals surface area (Å²) >= 11 is 1.45. The average Bonchev–Trinajstić information content (AvgIpc) is 2.94. The molecule has 2 heterocycles. The molecule has 0 spiro atoms. The summed E-state index contributed by atoms with van der Waals surface area (Å²) in [5.41, 5.74) is 1.86. The van der Waals surface area contributed by atoms with E-state index in [4.69, 9.17) is 0 Å². The number of thiophene rings is 1. The highest BCUT2D eigenvalue weighted by molar-refractivity contribution is 7.12. The zero-order valence-electron chi connectivity index (χ0n) is 9.64. The van der Waals surface area contributed by atoms with Gasteiger partial charge in [0.1, 0.15) is 4.88 Å². The predicted octanol–water partition coefficient (Wildman–Crippen LogP) is 2.84. The summed E-state index contributed by atoms with van der Waals surface area (Å²) in [4.78, 5) is 12.7. The molecule has 1 N–H and O–H groups in total. The summed E-state index contributed by atoms with van der Waals surface area (Å²) in [5, 5.41) is 4.77. The molecule has 0 saturated heterocycles. The van der Waals surface area contributed by atoms with Crippen LogP contribution in [-0.4, -0.2) is 17.0 Å². The van der Waals surface area contributed by atoms with Crippen LogP contribution in [0.25, 0.3) is 5.69 Å². The standard InChI is InChI=1S/C13H14N2OS/c1-10(2)9-14-13(16)12-11(5-8-17-12)15-6-3-4-7-15/h3-8H,1,9H2,2H3,(H,14,16). The normalized spacial score (nSPS) is 10.2. The second-order valence-corrected chi connectivity index (χ2v) is 4.78. The first-order valence-corrected chi connectivity index (χ1v) is 6.20. The van der Waals surface area contributed by atoms with Crippen molar-refractivity contribution >= 4 is 17.2 Å². The Kier molecular flexibility index (Phi) is 3.44. The highest BCUT2D eigenvalue weighted by atomic mass is 32.1. The topological polar surface area (TPSA) is 34.0 Å². The number of carbonyl (C=O) groups excluding carboxylic acids is 1. The third-order valence-electron chi connectivity index (χ3n) is 2.28. The van der Waals surface area contributed by atoms with E-state index in [1.165, 1.54) is 11.3 Å². The van der Waals surface area contributed by atoms with Gasteiger partial charge < -0.3 is 9.88 Å². The summed E-state index contributed by atoms with van der Waals surface area (Å²) in [6.07, 6.45) is 3.86. The number of amides is 1. The van der Waals surface area contributed by atoms with E-state index in [0.717, 1.165) is 16.1 Å². The van der Waals surface area contributed by atoms with E-state index in [0.29, 0.717) is 6.54 Å². The minimum Gasteiger partial charge on any atom is -0.348 e. The Bertz CT molecular complexity index is 525. The molecule has 0 bridgehead atoms. The third-order valence-corrected chi connectivity index (χ3v) is 3.19. The van der Waals surface area contributed by atoms with Crippen LogP contribution in [0.5, 0.6) is 0 Å². The summed E-state index contributed by atoms with van der Waals surface area (Å²) < 4.78 is 1.94. The van der Waals surface area contributed by atoms with Gasteiger partial charge in [0.25, 0.3) is 5.91 Å². The maximum Gasteiger partial charge on any atom is 0.263 e. The van der Waals surface area contributed by atoms with Gasteiger partial charge in [0, 0.05) is 18.9 Å². The minimum atomic E-state index is -0.0494. The Balaban J connectivity index is 2.19. The minimum absolute atomic E-state index is 0.0494. The molecule has 3 nitrogen and oxygen atoms in total. The fourth-order valence-corrected chi connectivity index (χ4v) is 2.29. The lowest BCUT2D eigenvalue weighted by Gasteiger charge is -2.06. The lowest BCUT2D eigenvalue weighted by Crippen LogP contribution is -2.24. The molecule has 0 unspecified atom stereocenters. The quantitative estimate of drug-likeness (QED) is 0.827. The van der Waals surface area contributed by atoms with E-state index < -0.39 is 0 Å². The summed E-state index contributed by atoms with van der Waals surface area (Å²) in [6.45, 7) is 6.17. The first-order chi connectivity index (χ1) is 8.18. The maximum atomic E-state index is 12.0. The van der Waals surface area contributed by atoms with Crippen molar-refractivity contribution in [1.82, 2.24) is 9.88 Å². The zero-order chi connectivity index (χ0) is 12.3. The lowest BCUT2D eigenvalue weighted by atomic mass is 10.3. The Morgan fingerprint density at radius 3 is 2.82 bits per heavy atom. The second kappa shape index (κ2) is 5.01. The number of carbonyl (C=O) groups is 1. The number of hydrogen-bond acceptors (Lipinski definition) is 2. The average molecular weight is 246 g/mol. The molecule has 4 heteroatoms. The van der Waals surface area contributed by atoms with Crippen molar-refractivity contribution in [3.05, 3.63) is 53.0 Å². The molecule has 0 aliphatic carbocycles. The number of rotatable bonds is 4. The Morgan fingerprint density at radius 2 is 2.18 bits per heavy atom. The molecule has 0 saturated carbocycles. The summed E-state index contributed by atoms with van der Waals surface area (Å²) in [7, 11) is 0. The molecule has 88 valence electrons. The van der Waals surface area contributed by atoms with Crippen molar-refractivity contribution in [2.45, 2.75) is 6.92 Å². The Morgan fingerprint density at radius 1 is 1.47 bits per heavy atom. The largest absolute Gasteiger partial charge is 0.348 e. The monoisotopic (exact) mass is 246 g/mol. The molecule has 17 heavy (non-hydrogen) atoms. The van der Waals surface area contributed by atoms with Crippen LogP contribution >= 0.6 is 11.3 Å². The smallest absolute Gasteiger partial charge is 0.263 e. The molecule has 2 aromatic heterocycles. The molecule has 0 fully saturated rings. The van der Waals surface area contributed by atoms with Crippen LogP contribution in [0.3, 0.4) is 0 Å². The van der Waals surface area contributed by atoms with Crippen LogP contribution in [-0.2, 0) is 0 Å². The van der Waals surface area contributed by atoms with Crippen molar-refractivity contribution in [2.75, 3.05) is 6.54 Å². The molecular weight excluding hydrogens is 232 g/mol. The molecule has 0 aliphatic heterocycles. The van der Waals surface area contributed by atoms with Gasteiger partial charge in [-0.1, -0.05) is 12.2 Å². The van der Waals surface area contributed by atoms with Gasteiger partial charge in [-0.25, -0.2) is 0 Å². The van der Waals surface area contributed by atoms with Crippen LogP contribution in [0.1, 0.15) is 16.6 Å². The molecule has 0 aromatic carbocycles. The maximum absolute atomic E-state index is 12.0. The van der Waals surface area contributed by atoms with Crippen molar-refractivity contribution in [3.63, 3.8) is 0 Å². The number of nitrogens with zero attached hydrogens (tertiary/aromatic N) is 1. The van der Waals surface area contributed by atoms with Gasteiger partial charge in [0.15, 0.2) is 0 Å². The summed E-state index contributed by atoms with van der Waals surface area (Å²) in [5.74, 6) is -0.0494. The SMILES string of the molecule is C=C(C)CNC(=O)c1sccc1-n1cccc1. The van der Waals surface area contributed by atoms with E-state index in [1.54, 1.807) is 0 Å². The molecule has 1 amide bonds. The highest BCUT2D eigenvalue weighted by Crippen LogP contribution is 2.21. The van der Waals surface area contributed by atoms with Crippen LogP contribution < -0.4 is 5.32 Å². The van der Waals surface area contributed by atoms with Gasteiger partial charge in [-0.15, -0.1) is 11.3 Å². The zero-order valence-corrected chi connectivity index (χ0v) is 10.5. The van der Waals surface area contributed by atoms with Crippen molar-refractivity contribution in [3.8, 4) is 5.69 Å². The van der Waals surface area contributed by atoms with E-state index >= 15 is 0 Å². The lowest BCUT2D eigenvalue weighted by molar-refractivity contribution is 0.0961. The van der Waals surface area contributed by atoms with Crippen molar-refractivity contribution in [1.29, 1.82) is 0 Å². The first-order valence-electron chi connectivity index (χ1n) is 5.32. The van der Waals surface area contributed by atoms with Crippen LogP contribution in [0.15, 0.2) is 48.1 Å². The van der Waals surface area contributed by atoms with E-state index in [-0.39, 0.29) is 5.91 Å². The van der Waals surface area contributed by atoms with Gasteiger partial charge in [0.2, 0.25) is 0 Å². The summed E-state index contributed by atoms with van der Waals surface area (Å²) in [6, 6.07) is 5.82. The van der Waals surface area contributed by atoms with Gasteiger partial charge >= 0.3 is 0 Å². The van der Waals surface area contributed by atoms with E-state index in [2.05, 4.69) is 11.9 Å². The molecule has 2 aromatic rings. The number of nitrogens with one attached hydrogen (secondary N) is 1. The molecule has 0 radical (unpaired) electrons.